The van der Waals surface area contributed by atoms with Crippen molar-refractivity contribution in [1.29, 1.82) is 0 Å². The predicted molar refractivity (Wildman–Crippen MR) is 77.5 cm³/mol. The van der Waals surface area contributed by atoms with Gasteiger partial charge in [0.25, 0.3) is 0 Å². The number of carbonyl (C=O) groups excluding carboxylic acids is 1. The number of ketones is 1. The van der Waals surface area contributed by atoms with Gasteiger partial charge in [-0.05, 0) is 65.0 Å². The van der Waals surface area contributed by atoms with E-state index in [0.717, 1.165) is 26.2 Å². The number of ether oxygens (including phenoxy) is 1. The monoisotopic (exact) mass is 324 g/mol. The van der Waals surface area contributed by atoms with Crippen LogP contribution in [0, 0.1) is 6.92 Å². The Bertz CT molecular complexity index is 575. The van der Waals surface area contributed by atoms with Crippen LogP contribution < -0.4 is 4.74 Å². The van der Waals surface area contributed by atoms with Gasteiger partial charge in [0, 0.05) is 10.0 Å². The minimum absolute atomic E-state index is 0.0747. The van der Waals surface area contributed by atoms with Gasteiger partial charge in [-0.25, -0.2) is 0 Å². The molecule has 0 unspecified atom stereocenters. The topological polar surface area (TPSA) is 26.3 Å². The van der Waals surface area contributed by atoms with Crippen molar-refractivity contribution in [3.8, 4) is 5.75 Å². The van der Waals surface area contributed by atoms with Crippen LogP contribution in [0.4, 0.5) is 0 Å². The first-order valence-electron chi connectivity index (χ1n) is 5.54. The summed E-state index contributed by atoms with van der Waals surface area (Å²) in [5.74, 6) is 0.894. The van der Waals surface area contributed by atoms with E-state index in [9.17, 15) is 4.79 Å². The van der Waals surface area contributed by atoms with Gasteiger partial charge in [-0.3, -0.25) is 4.79 Å². The van der Waals surface area contributed by atoms with Crippen LogP contribution in [-0.2, 0) is 6.61 Å². The predicted octanol–water partition coefficient (Wildman–Crippen LogP) is 4.60. The molecule has 4 heteroatoms. The summed E-state index contributed by atoms with van der Waals surface area (Å²) in [6.45, 7) is 4.06. The average Bonchev–Trinajstić information content (AvgIpc) is 2.73. The average molecular weight is 325 g/mol. The second kappa shape index (κ2) is 5.67. The van der Waals surface area contributed by atoms with Gasteiger partial charge < -0.3 is 4.74 Å². The van der Waals surface area contributed by atoms with E-state index >= 15 is 0 Å². The Hall–Kier alpha value is -1.13. The summed E-state index contributed by atoms with van der Waals surface area (Å²) in [5.41, 5.74) is 1.70. The molecule has 2 rings (SSSR count). The van der Waals surface area contributed by atoms with Crippen LogP contribution in [0.1, 0.15) is 27.7 Å². The van der Waals surface area contributed by atoms with E-state index in [0.29, 0.717) is 6.61 Å². The summed E-state index contributed by atoms with van der Waals surface area (Å²) < 4.78 is 6.84. The molecule has 0 N–H and O–H groups in total. The Balaban J connectivity index is 2.11. The highest BCUT2D eigenvalue weighted by Crippen LogP contribution is 2.26. The van der Waals surface area contributed by atoms with Crippen molar-refractivity contribution in [2.45, 2.75) is 20.5 Å². The van der Waals surface area contributed by atoms with Crippen molar-refractivity contribution in [3.63, 3.8) is 0 Å². The molecule has 0 fully saturated rings. The molecule has 0 bridgehead atoms. The maximum atomic E-state index is 11.3. The third-order valence-corrected chi connectivity index (χ3v) is 4.53. The molecule has 0 saturated carbocycles. The zero-order valence-corrected chi connectivity index (χ0v) is 12.6. The Morgan fingerprint density at radius 1 is 1.39 bits per heavy atom. The lowest BCUT2D eigenvalue weighted by Gasteiger charge is -2.09. The summed E-state index contributed by atoms with van der Waals surface area (Å²) >= 11 is 5.13. The maximum absolute atomic E-state index is 11.3. The largest absolute Gasteiger partial charge is 0.488 e. The van der Waals surface area contributed by atoms with Crippen LogP contribution in [0.25, 0.3) is 0 Å². The number of thiophene rings is 1. The molecule has 2 aromatic rings. The van der Waals surface area contributed by atoms with Crippen molar-refractivity contribution < 1.29 is 9.53 Å². The molecular weight excluding hydrogens is 312 g/mol. The van der Waals surface area contributed by atoms with E-state index in [1.54, 1.807) is 24.3 Å². The normalized spacial score (nSPS) is 10.4. The molecule has 0 spiro atoms. The summed E-state index contributed by atoms with van der Waals surface area (Å²) in [4.78, 5) is 12.4. The Morgan fingerprint density at radius 2 is 2.17 bits per heavy atom. The first kappa shape index (κ1) is 13.3. The molecule has 18 heavy (non-hydrogen) atoms. The quantitative estimate of drug-likeness (QED) is 0.768. The fourth-order valence-electron chi connectivity index (χ4n) is 1.60. The number of carbonyl (C=O) groups is 1. The van der Waals surface area contributed by atoms with Crippen molar-refractivity contribution >= 4 is 33.0 Å². The lowest BCUT2D eigenvalue weighted by Crippen LogP contribution is -1.98. The molecule has 0 aliphatic carbocycles. The van der Waals surface area contributed by atoms with E-state index in [2.05, 4.69) is 15.9 Å². The van der Waals surface area contributed by atoms with E-state index in [1.807, 2.05) is 30.5 Å². The molecule has 0 amide bonds. The minimum atomic E-state index is 0.0747. The maximum Gasteiger partial charge on any atom is 0.159 e. The van der Waals surface area contributed by atoms with Crippen LogP contribution in [0.3, 0.4) is 0 Å². The second-order valence-electron chi connectivity index (χ2n) is 4.02. The molecule has 0 aliphatic heterocycles. The van der Waals surface area contributed by atoms with E-state index < -0.39 is 0 Å². The van der Waals surface area contributed by atoms with Crippen molar-refractivity contribution in [1.82, 2.24) is 0 Å². The molecule has 1 heterocycles. The van der Waals surface area contributed by atoms with Crippen LogP contribution >= 0.6 is 27.3 Å². The molecule has 94 valence electrons. The number of hydrogen-bond donors (Lipinski definition) is 0. The van der Waals surface area contributed by atoms with Gasteiger partial charge >= 0.3 is 0 Å². The zero-order valence-electron chi connectivity index (χ0n) is 10.2. The number of aryl methyl sites for hydroxylation is 1. The molecule has 1 aromatic carbocycles. The number of benzene rings is 1. The van der Waals surface area contributed by atoms with E-state index in [-0.39, 0.29) is 5.78 Å². The Morgan fingerprint density at radius 3 is 2.72 bits per heavy atom. The first-order valence-corrected chi connectivity index (χ1v) is 7.21. The summed E-state index contributed by atoms with van der Waals surface area (Å²) in [7, 11) is 0. The minimum Gasteiger partial charge on any atom is -0.488 e. The number of Topliss-reactive ketones (excluding diaryl/α,β-unsaturated/α-hetero) is 1. The van der Waals surface area contributed by atoms with E-state index in [4.69, 9.17) is 4.74 Å². The fourth-order valence-corrected chi connectivity index (χ4v) is 2.98. The molecule has 0 atom stereocenters. The van der Waals surface area contributed by atoms with Gasteiger partial charge in [0.05, 0.1) is 4.88 Å². The van der Waals surface area contributed by atoms with Crippen molar-refractivity contribution in [2.75, 3.05) is 0 Å². The lowest BCUT2D eigenvalue weighted by atomic mass is 10.1. The van der Waals surface area contributed by atoms with E-state index in [1.165, 1.54) is 0 Å². The van der Waals surface area contributed by atoms with Crippen LogP contribution in [0.2, 0.25) is 0 Å². The van der Waals surface area contributed by atoms with Gasteiger partial charge in [-0.15, -0.1) is 11.3 Å². The highest BCUT2D eigenvalue weighted by Gasteiger charge is 2.06. The molecule has 0 aliphatic rings. The van der Waals surface area contributed by atoms with Crippen LogP contribution in [-0.4, -0.2) is 5.78 Å². The second-order valence-corrected chi connectivity index (χ2v) is 5.87. The van der Waals surface area contributed by atoms with Gasteiger partial charge in [0.1, 0.15) is 12.4 Å². The Labute approximate surface area is 119 Å². The smallest absolute Gasteiger partial charge is 0.159 e. The van der Waals surface area contributed by atoms with Crippen LogP contribution in [0.5, 0.6) is 5.75 Å². The molecule has 1 aromatic heterocycles. The highest BCUT2D eigenvalue weighted by molar-refractivity contribution is 9.10. The number of rotatable bonds is 4. The summed E-state index contributed by atoms with van der Waals surface area (Å²) in [5, 5.41) is 2.02. The molecular formula is C14H13BrO2S. The third-order valence-electron chi connectivity index (χ3n) is 2.63. The standard InChI is InChI=1S/C14H13BrO2S/c1-9-7-11(10(2)16)3-4-13(9)17-8-14-12(15)5-6-18-14/h3-7H,8H2,1-2H3. The Kier molecular flexibility index (Phi) is 4.19. The number of halogens is 1. The zero-order chi connectivity index (χ0) is 13.1. The van der Waals surface area contributed by atoms with Crippen molar-refractivity contribution in [3.05, 3.63) is 50.1 Å². The van der Waals surface area contributed by atoms with Gasteiger partial charge in [-0.2, -0.15) is 0 Å². The van der Waals surface area contributed by atoms with Gasteiger partial charge in [0.15, 0.2) is 5.78 Å². The van der Waals surface area contributed by atoms with Gasteiger partial charge in [-0.1, -0.05) is 0 Å². The lowest BCUT2D eigenvalue weighted by molar-refractivity contribution is 0.101. The molecule has 0 saturated heterocycles. The summed E-state index contributed by atoms with van der Waals surface area (Å²) in [6, 6.07) is 7.53. The first-order chi connectivity index (χ1) is 8.58. The SMILES string of the molecule is CC(=O)c1ccc(OCc2sccc2Br)c(C)c1. The van der Waals surface area contributed by atoms with Crippen molar-refractivity contribution in [2.24, 2.45) is 0 Å². The highest BCUT2D eigenvalue weighted by atomic mass is 79.9. The molecule has 2 nitrogen and oxygen atoms in total. The summed E-state index contributed by atoms with van der Waals surface area (Å²) in [6.07, 6.45) is 0. The van der Waals surface area contributed by atoms with Gasteiger partial charge in [0.2, 0.25) is 0 Å². The van der Waals surface area contributed by atoms with Crippen LogP contribution in [0.15, 0.2) is 34.1 Å². The number of hydrogen-bond acceptors (Lipinski definition) is 3. The fraction of sp³-hybridized carbons (Fsp3) is 0.214. The third kappa shape index (κ3) is 3.00. The molecule has 0 radical (unpaired) electrons.